The molecule has 19 heavy (non-hydrogen) atoms. The van der Waals surface area contributed by atoms with Crippen molar-refractivity contribution < 1.29 is 14.6 Å². The van der Waals surface area contributed by atoms with E-state index in [1.165, 1.54) is 0 Å². The maximum atomic E-state index is 11.6. The predicted molar refractivity (Wildman–Crippen MR) is 66.6 cm³/mol. The Hall–Kier alpha value is -2.57. The van der Waals surface area contributed by atoms with Crippen molar-refractivity contribution in [1.29, 1.82) is 0 Å². The van der Waals surface area contributed by atoms with E-state index < -0.39 is 23.0 Å². The van der Waals surface area contributed by atoms with Gasteiger partial charge in [0.2, 0.25) is 5.75 Å². The second-order valence-electron chi connectivity index (χ2n) is 4.02. The van der Waals surface area contributed by atoms with Gasteiger partial charge < -0.3 is 20.6 Å². The molecule has 0 bridgehead atoms. The fraction of sp³-hybridized carbons (Fsp3) is 0.250. The van der Waals surface area contributed by atoms with Gasteiger partial charge >= 0.3 is 5.97 Å². The molecule has 0 spiro atoms. The van der Waals surface area contributed by atoms with Crippen LogP contribution >= 0.6 is 0 Å². The average Bonchev–Trinajstić information content (AvgIpc) is 2.41. The van der Waals surface area contributed by atoms with Crippen molar-refractivity contribution in [3.05, 3.63) is 45.8 Å². The molecule has 1 aliphatic rings. The van der Waals surface area contributed by atoms with Gasteiger partial charge in [-0.1, -0.05) is 12.2 Å². The lowest BCUT2D eigenvalue weighted by molar-refractivity contribution is 0.0589. The second kappa shape index (κ2) is 4.97. The van der Waals surface area contributed by atoms with Crippen LogP contribution in [0.4, 0.5) is 0 Å². The number of allylic oxidation sites excluding steroid dienone is 4. The quantitative estimate of drug-likeness (QED) is 0.653. The van der Waals surface area contributed by atoms with Crippen LogP contribution in [0.25, 0.3) is 0 Å². The Morgan fingerprint density at radius 3 is 3.00 bits per heavy atom. The van der Waals surface area contributed by atoms with Crippen LogP contribution in [0.3, 0.4) is 0 Å². The normalized spacial score (nSPS) is 17.9. The number of carbonyl (C=O) groups excluding carboxylic acids is 1. The van der Waals surface area contributed by atoms with Crippen LogP contribution in [0.15, 0.2) is 28.7 Å². The summed E-state index contributed by atoms with van der Waals surface area (Å²) in [5.74, 6) is -1.74. The highest BCUT2D eigenvalue weighted by Crippen LogP contribution is 2.26. The number of esters is 1. The molecule has 4 N–H and O–H groups in total. The van der Waals surface area contributed by atoms with Gasteiger partial charge in [-0.25, -0.2) is 9.78 Å². The molecule has 7 heteroatoms. The maximum Gasteiger partial charge on any atom is 0.360 e. The number of aromatic hydroxyl groups is 1. The lowest BCUT2D eigenvalue weighted by Gasteiger charge is -2.17. The molecule has 0 saturated heterocycles. The van der Waals surface area contributed by atoms with Gasteiger partial charge in [0.05, 0.1) is 13.0 Å². The van der Waals surface area contributed by atoms with Gasteiger partial charge in [0.1, 0.15) is 5.82 Å². The topological polar surface area (TPSA) is 118 Å². The number of carbonyl (C=O) groups is 1. The van der Waals surface area contributed by atoms with Crippen LogP contribution in [-0.2, 0) is 4.74 Å². The van der Waals surface area contributed by atoms with Crippen molar-refractivity contribution >= 4 is 5.97 Å². The Bertz CT molecular complexity index is 630. The van der Waals surface area contributed by atoms with E-state index in [1.54, 1.807) is 12.2 Å². The smallest absolute Gasteiger partial charge is 0.360 e. The molecule has 1 aromatic heterocycles. The van der Waals surface area contributed by atoms with Crippen LogP contribution < -0.4 is 11.3 Å². The standard InChI is InChI=1S/C12H13N3O4/c1-19-12(18)8-9(16)11(17)15-10(14-8)6-4-2-3-5-7(6)13/h2-3,5-6,16H,4,13H2,1H3,(H,14,15,17). The lowest BCUT2D eigenvalue weighted by atomic mass is 9.96. The minimum Gasteiger partial charge on any atom is -0.501 e. The largest absolute Gasteiger partial charge is 0.501 e. The zero-order chi connectivity index (χ0) is 14.0. The summed E-state index contributed by atoms with van der Waals surface area (Å²) in [6, 6.07) is 0. The van der Waals surface area contributed by atoms with Crippen molar-refractivity contribution in [1.82, 2.24) is 9.97 Å². The molecule has 0 aliphatic heterocycles. The van der Waals surface area contributed by atoms with Crippen molar-refractivity contribution in [2.24, 2.45) is 5.73 Å². The first-order valence-corrected chi connectivity index (χ1v) is 5.58. The molecule has 0 amide bonds. The van der Waals surface area contributed by atoms with E-state index in [9.17, 15) is 14.7 Å². The van der Waals surface area contributed by atoms with Gasteiger partial charge in [0.25, 0.3) is 5.56 Å². The van der Waals surface area contributed by atoms with Gasteiger partial charge in [0, 0.05) is 5.70 Å². The number of aromatic amines is 1. The predicted octanol–water partition coefficient (Wildman–Crippen LogP) is 0.148. The van der Waals surface area contributed by atoms with Crippen LogP contribution in [0.1, 0.15) is 28.7 Å². The third-order valence-corrected chi connectivity index (χ3v) is 2.82. The number of hydrogen-bond donors (Lipinski definition) is 3. The zero-order valence-corrected chi connectivity index (χ0v) is 10.2. The van der Waals surface area contributed by atoms with Crippen molar-refractivity contribution in [3.63, 3.8) is 0 Å². The summed E-state index contributed by atoms with van der Waals surface area (Å²) in [6.45, 7) is 0. The number of nitrogens with two attached hydrogens (primary N) is 1. The van der Waals surface area contributed by atoms with Gasteiger partial charge in [-0.15, -0.1) is 0 Å². The Labute approximate surface area is 108 Å². The van der Waals surface area contributed by atoms with E-state index in [1.807, 2.05) is 6.08 Å². The Kier molecular flexibility index (Phi) is 3.37. The van der Waals surface area contributed by atoms with E-state index in [0.29, 0.717) is 12.1 Å². The van der Waals surface area contributed by atoms with E-state index in [4.69, 9.17) is 5.73 Å². The fourth-order valence-electron chi connectivity index (χ4n) is 1.80. The maximum absolute atomic E-state index is 11.6. The number of hydrogen-bond acceptors (Lipinski definition) is 6. The van der Waals surface area contributed by atoms with Crippen LogP contribution in [0.2, 0.25) is 0 Å². The first kappa shape index (κ1) is 12.9. The molecule has 100 valence electrons. The summed E-state index contributed by atoms with van der Waals surface area (Å²) in [5.41, 5.74) is 5.14. The molecule has 1 unspecified atom stereocenters. The van der Waals surface area contributed by atoms with Gasteiger partial charge in [0.15, 0.2) is 5.69 Å². The van der Waals surface area contributed by atoms with Gasteiger partial charge in [-0.05, 0) is 12.5 Å². The first-order valence-electron chi connectivity index (χ1n) is 5.58. The molecule has 0 aromatic carbocycles. The zero-order valence-electron chi connectivity index (χ0n) is 10.2. The number of ether oxygens (including phenoxy) is 1. The van der Waals surface area contributed by atoms with Crippen LogP contribution in [0, 0.1) is 0 Å². The number of nitrogens with zero attached hydrogens (tertiary/aromatic N) is 1. The Morgan fingerprint density at radius 2 is 2.37 bits per heavy atom. The summed E-state index contributed by atoms with van der Waals surface area (Å²) in [7, 11) is 1.14. The van der Waals surface area contributed by atoms with E-state index >= 15 is 0 Å². The first-order chi connectivity index (χ1) is 9.04. The van der Waals surface area contributed by atoms with Crippen LogP contribution in [-0.4, -0.2) is 28.2 Å². The summed E-state index contributed by atoms with van der Waals surface area (Å²) < 4.78 is 4.47. The number of H-pyrrole nitrogens is 1. The molecular weight excluding hydrogens is 250 g/mol. The molecule has 1 aromatic rings. The Morgan fingerprint density at radius 1 is 1.63 bits per heavy atom. The highest BCUT2D eigenvalue weighted by atomic mass is 16.5. The lowest BCUT2D eigenvalue weighted by Crippen LogP contribution is -2.22. The minimum atomic E-state index is -0.876. The molecule has 0 fully saturated rings. The van der Waals surface area contributed by atoms with Gasteiger partial charge in [-0.3, -0.25) is 4.79 Å². The molecule has 0 radical (unpaired) electrons. The van der Waals surface area contributed by atoms with Crippen molar-refractivity contribution in [2.45, 2.75) is 12.3 Å². The van der Waals surface area contributed by atoms with Gasteiger partial charge in [-0.2, -0.15) is 0 Å². The second-order valence-corrected chi connectivity index (χ2v) is 4.02. The monoisotopic (exact) mass is 263 g/mol. The number of nitrogens with one attached hydrogen (secondary N) is 1. The number of methoxy groups -OCH3 is 1. The molecule has 2 rings (SSSR count). The molecular formula is C12H13N3O4. The molecule has 1 atom stereocenters. The molecule has 7 nitrogen and oxygen atoms in total. The number of aromatic nitrogens is 2. The average molecular weight is 263 g/mol. The summed E-state index contributed by atoms with van der Waals surface area (Å²) in [5, 5.41) is 9.52. The van der Waals surface area contributed by atoms with E-state index in [-0.39, 0.29) is 11.7 Å². The third kappa shape index (κ3) is 2.35. The van der Waals surface area contributed by atoms with E-state index in [2.05, 4.69) is 14.7 Å². The summed E-state index contributed by atoms with van der Waals surface area (Å²) in [4.78, 5) is 29.4. The fourth-order valence-corrected chi connectivity index (χ4v) is 1.80. The third-order valence-electron chi connectivity index (χ3n) is 2.82. The van der Waals surface area contributed by atoms with Crippen molar-refractivity contribution in [2.75, 3.05) is 7.11 Å². The molecule has 1 heterocycles. The molecule has 0 saturated carbocycles. The highest BCUT2D eigenvalue weighted by molar-refractivity contribution is 5.89. The summed E-state index contributed by atoms with van der Waals surface area (Å²) in [6.07, 6.45) is 5.91. The molecule has 1 aliphatic carbocycles. The SMILES string of the molecule is COC(=O)c1nc(C2CC=CC=C2N)[nH]c(=O)c1O. The Balaban J connectivity index is 2.51. The minimum absolute atomic E-state index is 0.223. The van der Waals surface area contributed by atoms with Crippen LogP contribution in [0.5, 0.6) is 5.75 Å². The van der Waals surface area contributed by atoms with Crippen molar-refractivity contribution in [3.8, 4) is 5.75 Å². The number of rotatable bonds is 2. The highest BCUT2D eigenvalue weighted by Gasteiger charge is 2.23. The summed E-state index contributed by atoms with van der Waals surface area (Å²) >= 11 is 0. The van der Waals surface area contributed by atoms with E-state index in [0.717, 1.165) is 7.11 Å².